The zero-order valence-electron chi connectivity index (χ0n) is 17.9. The number of rotatable bonds is 7. The van der Waals surface area contributed by atoms with Crippen LogP contribution in [0.3, 0.4) is 0 Å². The fourth-order valence-corrected chi connectivity index (χ4v) is 3.67. The lowest BCUT2D eigenvalue weighted by Gasteiger charge is -2.26. The second-order valence-electron chi connectivity index (χ2n) is 8.26. The fraction of sp³-hybridized carbons (Fsp3) is 0.348. The summed E-state index contributed by atoms with van der Waals surface area (Å²) in [7, 11) is 0. The number of nitrogens with one attached hydrogen (secondary N) is 2. The third-order valence-electron chi connectivity index (χ3n) is 5.36. The zero-order chi connectivity index (χ0) is 24.4. The van der Waals surface area contributed by atoms with Gasteiger partial charge in [-0.3, -0.25) is 4.79 Å². The number of alkyl carbamates (subject to hydrolysis) is 1. The summed E-state index contributed by atoms with van der Waals surface area (Å²) in [5.41, 5.74) is 1.96. The van der Waals surface area contributed by atoms with Crippen LogP contribution in [0.25, 0.3) is 11.1 Å². The van der Waals surface area contributed by atoms with Crippen molar-refractivity contribution in [2.75, 3.05) is 6.61 Å². The molecule has 0 saturated heterocycles. The Labute approximate surface area is 187 Å². The van der Waals surface area contributed by atoms with Gasteiger partial charge >= 0.3 is 18.2 Å². The Bertz CT molecular complexity index is 1020. The molecule has 2 aromatic rings. The molecule has 1 aliphatic rings. The standard InChI is InChI=1S/C23H23F3N2O5/c1-22(2,20(30)31)28-19(29)18(11-23(24,25)26)27-21(32)33-12-17-15-9-5-3-7-13(15)14-8-4-6-10-16(14)17/h3-10,17-18H,11-12H2,1-2H3,(H,27,32)(H,28,29)(H,30,31). The number of fused-ring (bicyclic) bond motifs is 3. The normalized spacial score (nSPS) is 14.1. The second-order valence-corrected chi connectivity index (χ2v) is 8.26. The average Bonchev–Trinajstić information content (AvgIpc) is 3.04. The minimum Gasteiger partial charge on any atom is -0.480 e. The van der Waals surface area contributed by atoms with Crippen LogP contribution >= 0.6 is 0 Å². The molecule has 1 unspecified atom stereocenters. The van der Waals surface area contributed by atoms with Crippen LogP contribution in [-0.2, 0) is 14.3 Å². The van der Waals surface area contributed by atoms with Gasteiger partial charge in [-0.1, -0.05) is 48.5 Å². The van der Waals surface area contributed by atoms with Crippen molar-refractivity contribution in [3.05, 3.63) is 59.7 Å². The van der Waals surface area contributed by atoms with E-state index in [1.807, 2.05) is 59.2 Å². The topological polar surface area (TPSA) is 105 Å². The Morgan fingerprint density at radius 1 is 1.00 bits per heavy atom. The molecule has 2 amide bonds. The summed E-state index contributed by atoms with van der Waals surface area (Å²) in [5.74, 6) is -3.04. The van der Waals surface area contributed by atoms with E-state index in [1.165, 1.54) is 0 Å². The van der Waals surface area contributed by atoms with E-state index in [4.69, 9.17) is 9.84 Å². The molecule has 10 heteroatoms. The first-order chi connectivity index (χ1) is 15.4. The summed E-state index contributed by atoms with van der Waals surface area (Å²) < 4.78 is 44.1. The van der Waals surface area contributed by atoms with E-state index in [9.17, 15) is 27.6 Å². The van der Waals surface area contributed by atoms with Crippen LogP contribution in [0, 0.1) is 0 Å². The van der Waals surface area contributed by atoms with Crippen molar-refractivity contribution in [3.8, 4) is 11.1 Å². The molecule has 176 valence electrons. The Kier molecular flexibility index (Phi) is 6.66. The van der Waals surface area contributed by atoms with Gasteiger partial charge in [0.2, 0.25) is 5.91 Å². The van der Waals surface area contributed by atoms with E-state index in [0.717, 1.165) is 36.1 Å². The molecule has 0 fully saturated rings. The number of carboxylic acids is 1. The highest BCUT2D eigenvalue weighted by molar-refractivity contribution is 5.91. The number of hydrogen-bond donors (Lipinski definition) is 3. The van der Waals surface area contributed by atoms with Crippen molar-refractivity contribution in [2.24, 2.45) is 0 Å². The van der Waals surface area contributed by atoms with Crippen LogP contribution in [0.1, 0.15) is 37.3 Å². The summed E-state index contributed by atoms with van der Waals surface area (Å²) in [6.45, 7) is 2.08. The van der Waals surface area contributed by atoms with Crippen molar-refractivity contribution >= 4 is 18.0 Å². The predicted octanol–water partition coefficient (Wildman–Crippen LogP) is 3.83. The van der Waals surface area contributed by atoms with E-state index in [-0.39, 0.29) is 12.5 Å². The Balaban J connectivity index is 1.71. The summed E-state index contributed by atoms with van der Waals surface area (Å²) in [5, 5.41) is 13.0. The molecule has 0 radical (unpaired) electrons. The van der Waals surface area contributed by atoms with Gasteiger partial charge in [-0.05, 0) is 36.1 Å². The zero-order valence-corrected chi connectivity index (χ0v) is 17.9. The molecule has 3 N–H and O–H groups in total. The minimum atomic E-state index is -4.79. The van der Waals surface area contributed by atoms with Gasteiger partial charge in [0.25, 0.3) is 0 Å². The number of ether oxygens (including phenoxy) is 1. The monoisotopic (exact) mass is 464 g/mol. The molecule has 2 aromatic carbocycles. The lowest BCUT2D eigenvalue weighted by Crippen LogP contribution is -2.57. The summed E-state index contributed by atoms with van der Waals surface area (Å²) in [6, 6.07) is 13.0. The van der Waals surface area contributed by atoms with Crippen molar-refractivity contribution in [3.63, 3.8) is 0 Å². The number of amides is 2. The first kappa shape index (κ1) is 24.1. The van der Waals surface area contributed by atoms with Gasteiger partial charge in [-0.2, -0.15) is 13.2 Å². The number of alkyl halides is 3. The molecule has 3 rings (SSSR count). The summed E-state index contributed by atoms with van der Waals surface area (Å²) in [4.78, 5) is 35.8. The third-order valence-corrected chi connectivity index (χ3v) is 5.36. The largest absolute Gasteiger partial charge is 0.480 e. The van der Waals surface area contributed by atoms with Crippen molar-refractivity contribution in [1.82, 2.24) is 10.6 Å². The van der Waals surface area contributed by atoms with Gasteiger partial charge in [-0.15, -0.1) is 0 Å². The second kappa shape index (κ2) is 9.13. The van der Waals surface area contributed by atoms with Gasteiger partial charge in [-0.25, -0.2) is 9.59 Å². The molecule has 7 nitrogen and oxygen atoms in total. The molecular weight excluding hydrogens is 441 g/mol. The van der Waals surface area contributed by atoms with E-state index >= 15 is 0 Å². The highest BCUT2D eigenvalue weighted by atomic mass is 19.4. The minimum absolute atomic E-state index is 0.152. The molecule has 0 aliphatic heterocycles. The maximum absolute atomic E-state index is 13.0. The molecule has 0 bridgehead atoms. The maximum Gasteiger partial charge on any atom is 0.407 e. The number of carbonyl (C=O) groups is 3. The SMILES string of the molecule is CC(C)(NC(=O)C(CC(F)(F)F)NC(=O)OCC1c2ccccc2-c2ccccc21)C(=O)O. The first-order valence-corrected chi connectivity index (χ1v) is 10.1. The third kappa shape index (κ3) is 5.63. The van der Waals surface area contributed by atoms with Crippen molar-refractivity contribution in [2.45, 2.75) is 43.9 Å². The summed E-state index contributed by atoms with van der Waals surface area (Å²) in [6.07, 6.45) is -7.68. The molecule has 33 heavy (non-hydrogen) atoms. The van der Waals surface area contributed by atoms with Crippen LogP contribution in [0.2, 0.25) is 0 Å². The highest BCUT2D eigenvalue weighted by Crippen LogP contribution is 2.44. The van der Waals surface area contributed by atoms with E-state index in [2.05, 4.69) is 0 Å². The lowest BCUT2D eigenvalue weighted by atomic mass is 9.98. The van der Waals surface area contributed by atoms with Crippen molar-refractivity contribution < 1.29 is 37.4 Å². The highest BCUT2D eigenvalue weighted by Gasteiger charge is 2.40. The van der Waals surface area contributed by atoms with Gasteiger partial charge in [0.15, 0.2) is 0 Å². The van der Waals surface area contributed by atoms with E-state index in [1.54, 1.807) is 0 Å². The van der Waals surface area contributed by atoms with Crippen LogP contribution in [0.5, 0.6) is 0 Å². The fourth-order valence-electron chi connectivity index (χ4n) is 3.67. The number of carbonyl (C=O) groups excluding carboxylic acids is 2. The summed E-state index contributed by atoms with van der Waals surface area (Å²) >= 11 is 0. The molecule has 1 aliphatic carbocycles. The number of halogens is 3. The number of aliphatic carboxylic acids is 1. The Hall–Kier alpha value is -3.56. The van der Waals surface area contributed by atoms with E-state index < -0.39 is 42.1 Å². The molecule has 0 aromatic heterocycles. The van der Waals surface area contributed by atoms with Gasteiger partial charge < -0.3 is 20.5 Å². The lowest BCUT2D eigenvalue weighted by molar-refractivity contribution is -0.152. The number of carboxylic acid groups (broad SMARTS) is 1. The van der Waals surface area contributed by atoms with Gasteiger partial charge in [0.1, 0.15) is 18.2 Å². The maximum atomic E-state index is 13.0. The van der Waals surface area contributed by atoms with Crippen LogP contribution < -0.4 is 10.6 Å². The first-order valence-electron chi connectivity index (χ1n) is 10.1. The van der Waals surface area contributed by atoms with Crippen LogP contribution in [-0.4, -0.2) is 47.4 Å². The predicted molar refractivity (Wildman–Crippen MR) is 113 cm³/mol. The molecule has 0 saturated carbocycles. The number of hydrogen-bond acceptors (Lipinski definition) is 4. The van der Waals surface area contributed by atoms with Gasteiger partial charge in [0, 0.05) is 5.92 Å². The molecule has 0 heterocycles. The molecule has 0 spiro atoms. The average molecular weight is 464 g/mol. The van der Waals surface area contributed by atoms with Gasteiger partial charge in [0.05, 0.1) is 6.42 Å². The van der Waals surface area contributed by atoms with Crippen LogP contribution in [0.4, 0.5) is 18.0 Å². The van der Waals surface area contributed by atoms with Crippen molar-refractivity contribution in [1.29, 1.82) is 0 Å². The molecule has 1 atom stereocenters. The van der Waals surface area contributed by atoms with Crippen LogP contribution in [0.15, 0.2) is 48.5 Å². The van der Waals surface area contributed by atoms with E-state index in [0.29, 0.717) is 0 Å². The number of benzene rings is 2. The smallest absolute Gasteiger partial charge is 0.407 e. The quantitative estimate of drug-likeness (QED) is 0.578. The Morgan fingerprint density at radius 3 is 2.00 bits per heavy atom. The molecular formula is C23H23F3N2O5. The Morgan fingerprint density at radius 2 is 1.52 bits per heavy atom.